The van der Waals surface area contributed by atoms with E-state index in [0.717, 1.165) is 70.1 Å². The van der Waals surface area contributed by atoms with Crippen LogP contribution in [-0.2, 0) is 13.1 Å². The van der Waals surface area contributed by atoms with Crippen LogP contribution in [0.4, 0.5) is 10.1 Å². The molecule has 4 nitrogen and oxygen atoms in total. The highest BCUT2D eigenvalue weighted by Gasteiger charge is 2.21. The van der Waals surface area contributed by atoms with E-state index in [1.54, 1.807) is 19.2 Å². The fraction of sp³-hybridized carbons (Fsp3) is 0.455. The van der Waals surface area contributed by atoms with Gasteiger partial charge in [-0.25, -0.2) is 4.39 Å². The minimum Gasteiger partial charge on any atom is -0.495 e. The highest BCUT2D eigenvalue weighted by atomic mass is 19.1. The van der Waals surface area contributed by atoms with Crippen molar-refractivity contribution < 1.29 is 9.13 Å². The van der Waals surface area contributed by atoms with Gasteiger partial charge in [0, 0.05) is 45.8 Å². The maximum Gasteiger partial charge on any atom is 0.142 e. The molecule has 0 amide bonds. The number of anilines is 1. The van der Waals surface area contributed by atoms with Crippen LogP contribution in [0.1, 0.15) is 17.5 Å². The molecule has 1 fully saturated rings. The molecule has 0 atom stereocenters. The number of piperazine rings is 1. The Morgan fingerprint density at radius 3 is 2.44 bits per heavy atom. The molecule has 0 unspecified atom stereocenters. The molecule has 0 saturated carbocycles. The van der Waals surface area contributed by atoms with E-state index in [9.17, 15) is 4.39 Å². The van der Waals surface area contributed by atoms with E-state index in [1.807, 2.05) is 18.2 Å². The fourth-order valence-electron chi connectivity index (χ4n) is 4.21. The van der Waals surface area contributed by atoms with E-state index in [-0.39, 0.29) is 5.82 Å². The molecule has 1 saturated heterocycles. The first-order chi connectivity index (χ1) is 13.2. The van der Waals surface area contributed by atoms with Crippen LogP contribution in [0.2, 0.25) is 0 Å². The van der Waals surface area contributed by atoms with E-state index in [4.69, 9.17) is 4.74 Å². The van der Waals surface area contributed by atoms with Crippen molar-refractivity contribution in [2.75, 3.05) is 51.3 Å². The number of halogens is 1. The molecule has 5 heteroatoms. The van der Waals surface area contributed by atoms with Crippen molar-refractivity contribution in [3.8, 4) is 5.75 Å². The number of benzene rings is 2. The Morgan fingerprint density at radius 1 is 0.889 bits per heavy atom. The average Bonchev–Trinajstić information content (AvgIpc) is 3.10. The fourth-order valence-corrected chi connectivity index (χ4v) is 4.21. The smallest absolute Gasteiger partial charge is 0.142 e. The van der Waals surface area contributed by atoms with Crippen LogP contribution in [0.5, 0.6) is 5.75 Å². The van der Waals surface area contributed by atoms with Gasteiger partial charge in [0.1, 0.15) is 11.6 Å². The number of hydrogen-bond acceptors (Lipinski definition) is 4. The number of fused-ring (bicyclic) bond motifs is 1. The van der Waals surface area contributed by atoms with Gasteiger partial charge in [0.05, 0.1) is 12.8 Å². The van der Waals surface area contributed by atoms with Gasteiger partial charge in [-0.2, -0.15) is 0 Å². The van der Waals surface area contributed by atoms with Gasteiger partial charge in [-0.15, -0.1) is 0 Å². The van der Waals surface area contributed by atoms with Crippen molar-refractivity contribution in [3.63, 3.8) is 0 Å². The summed E-state index contributed by atoms with van der Waals surface area (Å²) in [6.07, 6.45) is 1.16. The molecular weight excluding hydrogens is 341 g/mol. The third-order valence-electron chi connectivity index (χ3n) is 5.70. The molecule has 2 aliphatic heterocycles. The quantitative estimate of drug-likeness (QED) is 0.777. The Balaban J connectivity index is 1.20. The SMILES string of the molecule is COc1ccccc1N1CCN(CCCN2Cc3ccc(F)cc3C2)CC1. The minimum absolute atomic E-state index is 0.122. The zero-order valence-electron chi connectivity index (χ0n) is 16.0. The molecule has 0 radical (unpaired) electrons. The summed E-state index contributed by atoms with van der Waals surface area (Å²) < 4.78 is 18.8. The molecule has 0 N–H and O–H groups in total. The maximum absolute atomic E-state index is 13.3. The average molecular weight is 369 g/mol. The monoisotopic (exact) mass is 369 g/mol. The molecule has 4 rings (SSSR count). The molecule has 2 heterocycles. The number of methoxy groups -OCH3 is 1. The summed E-state index contributed by atoms with van der Waals surface area (Å²) in [5, 5.41) is 0. The van der Waals surface area contributed by atoms with Gasteiger partial charge in [0.25, 0.3) is 0 Å². The molecule has 0 aliphatic carbocycles. The first kappa shape index (κ1) is 18.3. The molecule has 2 aliphatic rings. The topological polar surface area (TPSA) is 19.0 Å². The molecule has 0 aromatic heterocycles. The summed E-state index contributed by atoms with van der Waals surface area (Å²) >= 11 is 0. The van der Waals surface area contributed by atoms with Crippen molar-refractivity contribution in [1.29, 1.82) is 0 Å². The number of para-hydroxylation sites is 2. The van der Waals surface area contributed by atoms with Gasteiger partial charge in [-0.05, 0) is 48.4 Å². The Morgan fingerprint density at radius 2 is 1.63 bits per heavy atom. The summed E-state index contributed by atoms with van der Waals surface area (Å²) in [7, 11) is 1.74. The predicted octanol–water partition coefficient (Wildman–Crippen LogP) is 3.36. The van der Waals surface area contributed by atoms with Gasteiger partial charge in [-0.3, -0.25) is 9.80 Å². The lowest BCUT2D eigenvalue weighted by molar-refractivity contribution is 0.220. The molecular formula is C22H28FN3O. The van der Waals surface area contributed by atoms with Gasteiger partial charge in [0.2, 0.25) is 0 Å². The molecule has 2 aromatic rings. The lowest BCUT2D eigenvalue weighted by atomic mass is 10.1. The Labute approximate surface area is 161 Å². The largest absolute Gasteiger partial charge is 0.495 e. The van der Waals surface area contributed by atoms with Crippen LogP contribution in [0, 0.1) is 5.82 Å². The second-order valence-corrected chi connectivity index (χ2v) is 7.48. The van der Waals surface area contributed by atoms with E-state index in [0.29, 0.717) is 0 Å². The normalized spacial score (nSPS) is 17.9. The van der Waals surface area contributed by atoms with E-state index >= 15 is 0 Å². The minimum atomic E-state index is -0.122. The first-order valence-electron chi connectivity index (χ1n) is 9.83. The van der Waals surface area contributed by atoms with E-state index < -0.39 is 0 Å². The highest BCUT2D eigenvalue weighted by molar-refractivity contribution is 5.58. The van der Waals surface area contributed by atoms with Crippen molar-refractivity contribution in [3.05, 3.63) is 59.4 Å². The zero-order chi connectivity index (χ0) is 18.6. The number of rotatable bonds is 6. The molecule has 27 heavy (non-hydrogen) atoms. The lowest BCUT2D eigenvalue weighted by Gasteiger charge is -2.36. The second kappa shape index (κ2) is 8.28. The van der Waals surface area contributed by atoms with Gasteiger partial charge in [-0.1, -0.05) is 18.2 Å². The summed E-state index contributed by atoms with van der Waals surface area (Å²) in [5.74, 6) is 0.833. The standard InChI is InChI=1S/C22H28FN3O/c1-27-22-6-3-2-5-21(22)26-13-11-24(12-14-26)9-4-10-25-16-18-7-8-20(23)15-19(18)17-25/h2-3,5-8,15H,4,9-14,16-17H2,1H3. The Hall–Kier alpha value is -2.11. The Kier molecular flexibility index (Phi) is 5.60. The first-order valence-corrected chi connectivity index (χ1v) is 9.83. The molecule has 0 spiro atoms. The molecule has 144 valence electrons. The van der Waals surface area contributed by atoms with Crippen LogP contribution in [0.15, 0.2) is 42.5 Å². The van der Waals surface area contributed by atoms with Crippen LogP contribution >= 0.6 is 0 Å². The van der Waals surface area contributed by atoms with Crippen LogP contribution in [0.3, 0.4) is 0 Å². The lowest BCUT2D eigenvalue weighted by Crippen LogP contribution is -2.47. The number of ether oxygens (including phenoxy) is 1. The maximum atomic E-state index is 13.3. The Bertz CT molecular complexity index is 774. The summed E-state index contributed by atoms with van der Waals surface area (Å²) in [6, 6.07) is 13.5. The van der Waals surface area contributed by atoms with Crippen LogP contribution < -0.4 is 9.64 Å². The summed E-state index contributed by atoms with van der Waals surface area (Å²) in [6.45, 7) is 8.28. The van der Waals surface area contributed by atoms with Crippen LogP contribution in [-0.4, -0.2) is 56.2 Å². The summed E-state index contributed by atoms with van der Waals surface area (Å²) in [4.78, 5) is 7.39. The number of hydrogen-bond donors (Lipinski definition) is 0. The molecule has 2 aromatic carbocycles. The van der Waals surface area contributed by atoms with Gasteiger partial charge < -0.3 is 9.64 Å². The van der Waals surface area contributed by atoms with Crippen molar-refractivity contribution in [1.82, 2.24) is 9.80 Å². The van der Waals surface area contributed by atoms with Crippen molar-refractivity contribution in [2.45, 2.75) is 19.5 Å². The highest BCUT2D eigenvalue weighted by Crippen LogP contribution is 2.28. The van der Waals surface area contributed by atoms with Crippen molar-refractivity contribution >= 4 is 5.69 Å². The molecule has 0 bridgehead atoms. The van der Waals surface area contributed by atoms with Gasteiger partial charge >= 0.3 is 0 Å². The zero-order valence-corrected chi connectivity index (χ0v) is 16.0. The van der Waals surface area contributed by atoms with E-state index in [1.165, 1.54) is 11.3 Å². The second-order valence-electron chi connectivity index (χ2n) is 7.48. The third-order valence-corrected chi connectivity index (χ3v) is 5.70. The van der Waals surface area contributed by atoms with Crippen molar-refractivity contribution in [2.24, 2.45) is 0 Å². The van der Waals surface area contributed by atoms with Gasteiger partial charge in [0.15, 0.2) is 0 Å². The predicted molar refractivity (Wildman–Crippen MR) is 107 cm³/mol. The van der Waals surface area contributed by atoms with E-state index in [2.05, 4.69) is 26.8 Å². The summed E-state index contributed by atoms with van der Waals surface area (Å²) in [5.41, 5.74) is 3.63. The van der Waals surface area contributed by atoms with Crippen LogP contribution in [0.25, 0.3) is 0 Å². The number of nitrogens with zero attached hydrogens (tertiary/aromatic N) is 3. The third kappa shape index (κ3) is 4.25.